The molecule has 2 rings (SSSR count). The second-order valence-electron chi connectivity index (χ2n) is 4.31. The van der Waals surface area contributed by atoms with Crippen LogP contribution in [0.1, 0.15) is 48.0 Å². The summed E-state index contributed by atoms with van der Waals surface area (Å²) < 4.78 is 4.96. The number of carbonyl (C=O) groups excluding carboxylic acids is 1. The summed E-state index contributed by atoms with van der Waals surface area (Å²) in [6.07, 6.45) is 8.16. The van der Waals surface area contributed by atoms with E-state index in [4.69, 9.17) is 4.74 Å². The average molecular weight is 230 g/mol. The van der Waals surface area contributed by atoms with E-state index in [0.29, 0.717) is 18.1 Å². The molecule has 0 aliphatic heterocycles. The molecule has 0 amide bonds. The summed E-state index contributed by atoms with van der Waals surface area (Å²) in [6.45, 7) is 2.24. The Bertz CT molecular complexity index is 403. The Kier molecular flexibility index (Phi) is 3.97. The van der Waals surface area contributed by atoms with E-state index >= 15 is 0 Å². The van der Waals surface area contributed by atoms with Gasteiger partial charge in [0.25, 0.3) is 0 Å². The molecule has 2 heteroatoms. The molecule has 0 saturated carbocycles. The van der Waals surface area contributed by atoms with Gasteiger partial charge < -0.3 is 4.74 Å². The van der Waals surface area contributed by atoms with Gasteiger partial charge in [-0.2, -0.15) is 0 Å². The zero-order valence-electron chi connectivity index (χ0n) is 10.2. The summed E-state index contributed by atoms with van der Waals surface area (Å²) in [4.78, 5) is 11.5. The standard InChI is InChI=1S/C15H18O2/c1-2-17-15(16)14-10-8-13(9-11-14)12-6-4-3-5-7-12/h4,6,8-12H,2-3,5,7H2,1H3. The summed E-state index contributed by atoms with van der Waals surface area (Å²) in [5, 5.41) is 0. The topological polar surface area (TPSA) is 26.3 Å². The molecular formula is C15H18O2. The first-order valence-corrected chi connectivity index (χ1v) is 6.25. The fraction of sp³-hybridized carbons (Fsp3) is 0.400. The molecule has 1 unspecified atom stereocenters. The molecule has 1 aromatic carbocycles. The molecule has 90 valence electrons. The third kappa shape index (κ3) is 2.96. The maximum absolute atomic E-state index is 11.5. The van der Waals surface area contributed by atoms with Crippen LogP contribution in [0.15, 0.2) is 36.4 Å². The summed E-state index contributed by atoms with van der Waals surface area (Å²) in [5.41, 5.74) is 1.92. The number of ether oxygens (including phenoxy) is 1. The van der Waals surface area contributed by atoms with Crippen LogP contribution < -0.4 is 0 Å². The Labute approximate surface area is 102 Å². The van der Waals surface area contributed by atoms with Crippen LogP contribution in [0, 0.1) is 0 Å². The molecule has 1 aliphatic carbocycles. The largest absolute Gasteiger partial charge is 0.462 e. The van der Waals surface area contributed by atoms with Crippen LogP contribution in [0.2, 0.25) is 0 Å². The minimum atomic E-state index is -0.238. The first-order chi connectivity index (χ1) is 8.31. The van der Waals surface area contributed by atoms with Crippen molar-refractivity contribution in [2.75, 3.05) is 6.61 Å². The highest BCUT2D eigenvalue weighted by Crippen LogP contribution is 2.27. The molecule has 0 radical (unpaired) electrons. The van der Waals surface area contributed by atoms with E-state index in [0.717, 1.165) is 0 Å². The van der Waals surface area contributed by atoms with Crippen molar-refractivity contribution in [3.63, 3.8) is 0 Å². The monoisotopic (exact) mass is 230 g/mol. The number of esters is 1. The number of carbonyl (C=O) groups is 1. The lowest BCUT2D eigenvalue weighted by Crippen LogP contribution is -2.05. The number of hydrogen-bond donors (Lipinski definition) is 0. The molecule has 0 aromatic heterocycles. The van der Waals surface area contributed by atoms with Crippen molar-refractivity contribution in [2.45, 2.75) is 32.1 Å². The zero-order valence-corrected chi connectivity index (χ0v) is 10.2. The van der Waals surface area contributed by atoms with Gasteiger partial charge in [0.15, 0.2) is 0 Å². The first kappa shape index (κ1) is 11.9. The molecular weight excluding hydrogens is 212 g/mol. The van der Waals surface area contributed by atoms with E-state index in [1.54, 1.807) is 0 Å². The predicted molar refractivity (Wildman–Crippen MR) is 68.1 cm³/mol. The highest BCUT2D eigenvalue weighted by molar-refractivity contribution is 5.89. The predicted octanol–water partition coefficient (Wildman–Crippen LogP) is 3.69. The van der Waals surface area contributed by atoms with Gasteiger partial charge in [0.2, 0.25) is 0 Å². The van der Waals surface area contributed by atoms with E-state index in [2.05, 4.69) is 12.2 Å². The summed E-state index contributed by atoms with van der Waals surface area (Å²) in [7, 11) is 0. The summed E-state index contributed by atoms with van der Waals surface area (Å²) in [5.74, 6) is 0.276. The fourth-order valence-electron chi connectivity index (χ4n) is 2.17. The van der Waals surface area contributed by atoms with Gasteiger partial charge in [-0.25, -0.2) is 4.79 Å². The molecule has 0 saturated heterocycles. The van der Waals surface area contributed by atoms with E-state index in [1.807, 2.05) is 31.2 Å². The van der Waals surface area contributed by atoms with Crippen LogP contribution in [0.3, 0.4) is 0 Å². The number of hydrogen-bond acceptors (Lipinski definition) is 2. The van der Waals surface area contributed by atoms with Gasteiger partial charge >= 0.3 is 5.97 Å². The minimum Gasteiger partial charge on any atom is -0.462 e. The van der Waals surface area contributed by atoms with Gasteiger partial charge in [-0.15, -0.1) is 0 Å². The number of rotatable bonds is 3. The molecule has 0 heterocycles. The molecule has 0 bridgehead atoms. The van der Waals surface area contributed by atoms with E-state index in [1.165, 1.54) is 24.8 Å². The van der Waals surface area contributed by atoms with Gasteiger partial charge in [0.1, 0.15) is 0 Å². The average Bonchev–Trinajstić information content (AvgIpc) is 2.40. The van der Waals surface area contributed by atoms with Crippen molar-refractivity contribution in [2.24, 2.45) is 0 Å². The lowest BCUT2D eigenvalue weighted by molar-refractivity contribution is 0.0526. The smallest absolute Gasteiger partial charge is 0.338 e. The van der Waals surface area contributed by atoms with E-state index < -0.39 is 0 Å². The van der Waals surface area contributed by atoms with Gasteiger partial charge in [0.05, 0.1) is 12.2 Å². The molecule has 1 atom stereocenters. The maximum Gasteiger partial charge on any atom is 0.338 e. The zero-order chi connectivity index (χ0) is 12.1. The van der Waals surface area contributed by atoms with Crippen LogP contribution in [0.25, 0.3) is 0 Å². The second kappa shape index (κ2) is 5.67. The SMILES string of the molecule is CCOC(=O)c1ccc(C2C=CCCC2)cc1. The Morgan fingerprint density at radius 2 is 2.12 bits per heavy atom. The highest BCUT2D eigenvalue weighted by atomic mass is 16.5. The highest BCUT2D eigenvalue weighted by Gasteiger charge is 2.12. The van der Waals surface area contributed by atoms with Crippen LogP contribution in [0.5, 0.6) is 0 Å². The molecule has 0 spiro atoms. The Morgan fingerprint density at radius 1 is 1.35 bits per heavy atom. The fourth-order valence-corrected chi connectivity index (χ4v) is 2.17. The summed E-state index contributed by atoms with van der Waals surface area (Å²) in [6, 6.07) is 7.78. The van der Waals surface area contributed by atoms with Crippen molar-refractivity contribution in [1.29, 1.82) is 0 Å². The van der Waals surface area contributed by atoms with Crippen molar-refractivity contribution in [1.82, 2.24) is 0 Å². The molecule has 0 N–H and O–H groups in total. The number of allylic oxidation sites excluding steroid dienone is 2. The Hall–Kier alpha value is -1.57. The molecule has 1 aromatic rings. The first-order valence-electron chi connectivity index (χ1n) is 6.25. The Morgan fingerprint density at radius 3 is 2.71 bits per heavy atom. The van der Waals surface area contributed by atoms with Crippen molar-refractivity contribution in [3.05, 3.63) is 47.5 Å². The molecule has 17 heavy (non-hydrogen) atoms. The van der Waals surface area contributed by atoms with E-state index in [-0.39, 0.29) is 5.97 Å². The van der Waals surface area contributed by atoms with Crippen molar-refractivity contribution in [3.8, 4) is 0 Å². The van der Waals surface area contributed by atoms with Crippen molar-refractivity contribution >= 4 is 5.97 Å². The third-order valence-corrected chi connectivity index (χ3v) is 3.10. The van der Waals surface area contributed by atoms with Crippen LogP contribution >= 0.6 is 0 Å². The molecule has 2 nitrogen and oxygen atoms in total. The van der Waals surface area contributed by atoms with Gasteiger partial charge in [-0.3, -0.25) is 0 Å². The second-order valence-corrected chi connectivity index (χ2v) is 4.31. The van der Waals surface area contributed by atoms with Gasteiger partial charge in [0, 0.05) is 5.92 Å². The minimum absolute atomic E-state index is 0.238. The lowest BCUT2D eigenvalue weighted by atomic mass is 9.89. The Balaban J connectivity index is 2.09. The molecule has 0 fully saturated rings. The quantitative estimate of drug-likeness (QED) is 0.584. The van der Waals surface area contributed by atoms with Gasteiger partial charge in [-0.1, -0.05) is 24.3 Å². The maximum atomic E-state index is 11.5. The summed E-state index contributed by atoms with van der Waals surface area (Å²) >= 11 is 0. The third-order valence-electron chi connectivity index (χ3n) is 3.10. The van der Waals surface area contributed by atoms with Crippen molar-refractivity contribution < 1.29 is 9.53 Å². The molecule has 1 aliphatic rings. The lowest BCUT2D eigenvalue weighted by Gasteiger charge is -2.16. The van der Waals surface area contributed by atoms with Crippen LogP contribution in [0.4, 0.5) is 0 Å². The number of benzene rings is 1. The normalized spacial score (nSPS) is 19.0. The van der Waals surface area contributed by atoms with Crippen LogP contribution in [-0.4, -0.2) is 12.6 Å². The van der Waals surface area contributed by atoms with Gasteiger partial charge in [-0.05, 0) is 43.9 Å². The van der Waals surface area contributed by atoms with Crippen LogP contribution in [-0.2, 0) is 4.74 Å². The van der Waals surface area contributed by atoms with E-state index in [9.17, 15) is 4.79 Å².